The molecule has 0 aliphatic rings. The molecule has 2 amide bonds. The molecule has 1 aromatic heterocycles. The van der Waals surface area contributed by atoms with E-state index in [-0.39, 0.29) is 6.03 Å². The molecule has 88 valence electrons. The quantitative estimate of drug-likeness (QED) is 0.703. The first-order valence-corrected chi connectivity index (χ1v) is 5.33. The molecule has 17 heavy (non-hydrogen) atoms. The number of nitrogens with one attached hydrogen (secondary N) is 2. The lowest BCUT2D eigenvalue weighted by Gasteiger charge is -2.06. The van der Waals surface area contributed by atoms with Gasteiger partial charge >= 0.3 is 6.03 Å². The molecular weight excluding hydrogens is 238 g/mol. The Hall–Kier alpha value is -2.02. The topological polar surface area (TPSA) is 71.8 Å². The number of thiol groups is 1. The number of anilines is 1. The summed E-state index contributed by atoms with van der Waals surface area (Å²) in [6.45, 7) is 0. The molecule has 2 rings (SSSR count). The Morgan fingerprint density at radius 1 is 1.35 bits per heavy atom. The van der Waals surface area contributed by atoms with Crippen molar-refractivity contribution >= 4 is 24.3 Å². The predicted molar refractivity (Wildman–Crippen MR) is 66.7 cm³/mol. The summed E-state index contributed by atoms with van der Waals surface area (Å²) in [5.41, 5.74) is 1.59. The van der Waals surface area contributed by atoms with E-state index in [9.17, 15) is 4.79 Å². The maximum absolute atomic E-state index is 11.1. The number of carbonyl (C=O) groups is 1. The zero-order chi connectivity index (χ0) is 12.3. The summed E-state index contributed by atoms with van der Waals surface area (Å²) in [7, 11) is 1.56. The molecule has 0 fully saturated rings. The molecule has 0 radical (unpaired) electrons. The first-order chi connectivity index (χ1) is 8.20. The van der Waals surface area contributed by atoms with Crippen LogP contribution in [0, 0.1) is 0 Å². The van der Waals surface area contributed by atoms with Crippen LogP contribution in [0.4, 0.5) is 10.5 Å². The van der Waals surface area contributed by atoms with Crippen molar-refractivity contribution in [2.75, 3.05) is 12.4 Å². The van der Waals surface area contributed by atoms with Gasteiger partial charge in [0.05, 0.1) is 0 Å². The van der Waals surface area contributed by atoms with E-state index in [1.54, 1.807) is 30.1 Å². The standard InChI is InChI=1S/C10H11N5OS/c1-11-9(16)13-7-2-4-8(5-3-7)15-6-12-14-10(15)17/h2-6H,1H3,(H,14,17)(H2,11,13,16). The fourth-order valence-corrected chi connectivity index (χ4v) is 1.53. The zero-order valence-corrected chi connectivity index (χ0v) is 9.98. The monoisotopic (exact) mass is 249 g/mol. The highest BCUT2D eigenvalue weighted by atomic mass is 32.1. The lowest BCUT2D eigenvalue weighted by Crippen LogP contribution is -2.24. The van der Waals surface area contributed by atoms with E-state index >= 15 is 0 Å². The highest BCUT2D eigenvalue weighted by Crippen LogP contribution is 2.15. The fourth-order valence-electron chi connectivity index (χ4n) is 1.31. The Morgan fingerprint density at radius 3 is 2.59 bits per heavy atom. The van der Waals surface area contributed by atoms with Gasteiger partial charge in [0.15, 0.2) is 5.16 Å². The van der Waals surface area contributed by atoms with Gasteiger partial charge in [0.2, 0.25) is 0 Å². The molecule has 0 saturated heterocycles. The van der Waals surface area contributed by atoms with Gasteiger partial charge in [-0.1, -0.05) is 0 Å². The van der Waals surface area contributed by atoms with E-state index in [0.29, 0.717) is 10.8 Å². The van der Waals surface area contributed by atoms with Gasteiger partial charge in [-0.25, -0.2) is 4.79 Å². The second-order valence-electron chi connectivity index (χ2n) is 3.25. The SMILES string of the molecule is CNC(=O)Nc1ccc(-n2cnnc2S)cc1. The Labute approximate surface area is 103 Å². The Balaban J connectivity index is 2.19. The van der Waals surface area contributed by atoms with Crippen LogP contribution in [0.2, 0.25) is 0 Å². The third-order valence-electron chi connectivity index (χ3n) is 2.16. The average Bonchev–Trinajstić information content (AvgIpc) is 2.76. The minimum absolute atomic E-state index is 0.253. The van der Waals surface area contributed by atoms with Crippen molar-refractivity contribution in [1.29, 1.82) is 0 Å². The van der Waals surface area contributed by atoms with Crippen LogP contribution in [0.25, 0.3) is 5.69 Å². The van der Waals surface area contributed by atoms with Crippen LogP contribution in [0.15, 0.2) is 35.7 Å². The number of urea groups is 1. The summed E-state index contributed by atoms with van der Waals surface area (Å²) >= 11 is 4.17. The van der Waals surface area contributed by atoms with Gasteiger partial charge in [-0.15, -0.1) is 22.8 Å². The maximum Gasteiger partial charge on any atom is 0.318 e. The van der Waals surface area contributed by atoms with Gasteiger partial charge in [-0.3, -0.25) is 4.57 Å². The van der Waals surface area contributed by atoms with Crippen molar-refractivity contribution in [2.24, 2.45) is 0 Å². The average molecular weight is 249 g/mol. The van der Waals surface area contributed by atoms with E-state index in [2.05, 4.69) is 33.5 Å². The number of amides is 2. The highest BCUT2D eigenvalue weighted by Gasteiger charge is 2.03. The molecule has 0 atom stereocenters. The van der Waals surface area contributed by atoms with Crippen molar-refractivity contribution in [1.82, 2.24) is 20.1 Å². The van der Waals surface area contributed by atoms with Gasteiger partial charge in [0.1, 0.15) is 6.33 Å². The zero-order valence-electron chi connectivity index (χ0n) is 9.08. The number of aromatic nitrogens is 3. The van der Waals surface area contributed by atoms with Gasteiger partial charge in [0, 0.05) is 18.4 Å². The smallest absolute Gasteiger partial charge is 0.318 e. The van der Waals surface area contributed by atoms with Crippen molar-refractivity contribution < 1.29 is 4.79 Å². The van der Waals surface area contributed by atoms with Crippen LogP contribution in [-0.2, 0) is 0 Å². The summed E-state index contributed by atoms with van der Waals surface area (Å²) in [4.78, 5) is 11.1. The maximum atomic E-state index is 11.1. The third kappa shape index (κ3) is 2.56. The molecule has 0 unspecified atom stereocenters. The fraction of sp³-hybridized carbons (Fsp3) is 0.100. The Morgan fingerprint density at radius 2 is 2.06 bits per heavy atom. The lowest BCUT2D eigenvalue weighted by molar-refractivity contribution is 0.254. The Bertz CT molecular complexity index is 522. The number of hydrogen-bond donors (Lipinski definition) is 3. The molecule has 0 aliphatic carbocycles. The largest absolute Gasteiger partial charge is 0.341 e. The molecule has 7 heteroatoms. The summed E-state index contributed by atoms with van der Waals surface area (Å²) in [6, 6.07) is 7.01. The number of hydrogen-bond acceptors (Lipinski definition) is 4. The molecule has 2 aromatic rings. The van der Waals surface area contributed by atoms with Crippen LogP contribution < -0.4 is 10.6 Å². The van der Waals surface area contributed by atoms with Crippen molar-refractivity contribution in [2.45, 2.75) is 5.16 Å². The number of carbonyl (C=O) groups excluding carboxylic acids is 1. The van der Waals surface area contributed by atoms with E-state index < -0.39 is 0 Å². The summed E-state index contributed by atoms with van der Waals surface area (Å²) in [5.74, 6) is 0. The summed E-state index contributed by atoms with van der Waals surface area (Å²) in [6.07, 6.45) is 1.57. The van der Waals surface area contributed by atoms with Gasteiger partial charge in [-0.2, -0.15) is 0 Å². The molecule has 1 aromatic carbocycles. The van der Waals surface area contributed by atoms with Crippen LogP contribution in [0.5, 0.6) is 0 Å². The first-order valence-electron chi connectivity index (χ1n) is 4.89. The molecule has 0 spiro atoms. The van der Waals surface area contributed by atoms with Gasteiger partial charge in [0.25, 0.3) is 0 Å². The number of rotatable bonds is 2. The van der Waals surface area contributed by atoms with E-state index in [0.717, 1.165) is 5.69 Å². The van der Waals surface area contributed by atoms with Crippen molar-refractivity contribution in [3.8, 4) is 5.69 Å². The van der Waals surface area contributed by atoms with Crippen LogP contribution in [0.1, 0.15) is 0 Å². The number of benzene rings is 1. The number of nitrogens with zero attached hydrogens (tertiary/aromatic N) is 3. The van der Waals surface area contributed by atoms with Gasteiger partial charge < -0.3 is 10.6 Å². The third-order valence-corrected chi connectivity index (χ3v) is 2.47. The molecule has 6 nitrogen and oxygen atoms in total. The molecule has 1 heterocycles. The van der Waals surface area contributed by atoms with Crippen molar-refractivity contribution in [3.05, 3.63) is 30.6 Å². The lowest BCUT2D eigenvalue weighted by atomic mass is 10.3. The van der Waals surface area contributed by atoms with E-state index in [4.69, 9.17) is 0 Å². The van der Waals surface area contributed by atoms with E-state index in [1.807, 2.05) is 12.1 Å². The summed E-state index contributed by atoms with van der Waals surface area (Å²) in [5, 5.41) is 13.2. The molecule has 0 aliphatic heterocycles. The van der Waals surface area contributed by atoms with Crippen LogP contribution in [-0.4, -0.2) is 27.8 Å². The molecule has 0 bridgehead atoms. The normalized spacial score (nSPS) is 10.0. The van der Waals surface area contributed by atoms with Crippen LogP contribution >= 0.6 is 12.6 Å². The van der Waals surface area contributed by atoms with Crippen LogP contribution in [0.3, 0.4) is 0 Å². The minimum atomic E-state index is -0.253. The first kappa shape index (κ1) is 11.5. The second-order valence-corrected chi connectivity index (χ2v) is 3.65. The minimum Gasteiger partial charge on any atom is -0.341 e. The van der Waals surface area contributed by atoms with Gasteiger partial charge in [-0.05, 0) is 24.3 Å². The molecule has 0 saturated carbocycles. The molecule has 2 N–H and O–H groups in total. The predicted octanol–water partition coefficient (Wildman–Crippen LogP) is 1.31. The van der Waals surface area contributed by atoms with Crippen molar-refractivity contribution in [3.63, 3.8) is 0 Å². The summed E-state index contributed by atoms with van der Waals surface area (Å²) < 4.78 is 1.73. The Kier molecular flexibility index (Phi) is 3.29. The van der Waals surface area contributed by atoms with E-state index in [1.165, 1.54) is 0 Å². The highest BCUT2D eigenvalue weighted by molar-refractivity contribution is 7.80. The second kappa shape index (κ2) is 4.88. The molecular formula is C10H11N5OS.